The molecule has 1 fully saturated rings. The molecule has 0 aromatic rings. The third-order valence-electron chi connectivity index (χ3n) is 6.16. The highest BCUT2D eigenvalue weighted by atomic mass is 16.5. The van der Waals surface area contributed by atoms with Crippen LogP contribution in [-0.2, 0) is 9.47 Å². The molecular weight excluding hydrogens is 392 g/mol. The molecule has 1 saturated heterocycles. The lowest BCUT2D eigenvalue weighted by atomic mass is 10.1. The van der Waals surface area contributed by atoms with Gasteiger partial charge in [0.2, 0.25) is 0 Å². The van der Waals surface area contributed by atoms with Gasteiger partial charge in [-0.25, -0.2) is 0 Å². The van der Waals surface area contributed by atoms with E-state index >= 15 is 0 Å². The molecule has 5 heteroatoms. The van der Waals surface area contributed by atoms with Gasteiger partial charge in [-0.05, 0) is 32.1 Å². The summed E-state index contributed by atoms with van der Waals surface area (Å²) in [7, 11) is 0. The molecule has 0 aromatic carbocycles. The molecule has 0 aromatic heterocycles. The van der Waals surface area contributed by atoms with E-state index in [9.17, 15) is 15.3 Å². The Morgan fingerprint density at radius 1 is 0.806 bits per heavy atom. The van der Waals surface area contributed by atoms with Crippen LogP contribution in [0.3, 0.4) is 0 Å². The van der Waals surface area contributed by atoms with Crippen molar-refractivity contribution in [2.75, 3.05) is 19.8 Å². The number of aliphatic hydroxyl groups excluding tert-OH is 3. The number of unbranched alkanes of at least 4 members (excludes halogenated alkanes) is 14. The second-order valence-electron chi connectivity index (χ2n) is 9.14. The van der Waals surface area contributed by atoms with Crippen molar-refractivity contribution in [1.82, 2.24) is 0 Å². The summed E-state index contributed by atoms with van der Waals surface area (Å²) in [5, 5.41) is 29.1. The van der Waals surface area contributed by atoms with E-state index in [0.717, 1.165) is 12.8 Å². The normalized spacial score (nSPS) is 22.5. The Bertz CT molecular complexity index is 415. The standard InChI is InChI=1S/C26H50O5/c1-2-3-4-5-6-7-8-9-10-11-12-13-14-15-16-17-18-19-20-30-21-24(28)26-25(29)23(27)22-31-26/h11-12,23-29H,2-10,13-22H2,1H3/b12-11+/t23-,24+,25-,26-/m0/s1. The van der Waals surface area contributed by atoms with Crippen LogP contribution in [0.5, 0.6) is 0 Å². The third-order valence-corrected chi connectivity index (χ3v) is 6.16. The minimum atomic E-state index is -1.03. The van der Waals surface area contributed by atoms with Crippen LogP contribution >= 0.6 is 0 Å². The summed E-state index contributed by atoms with van der Waals surface area (Å²) in [5.74, 6) is 0. The predicted molar refractivity (Wildman–Crippen MR) is 127 cm³/mol. The first kappa shape index (κ1) is 28.6. The lowest BCUT2D eigenvalue weighted by Gasteiger charge is -2.20. The molecule has 0 spiro atoms. The molecule has 4 atom stereocenters. The predicted octanol–water partition coefficient (Wildman–Crippen LogP) is 5.30. The highest BCUT2D eigenvalue weighted by Gasteiger charge is 2.39. The molecule has 1 aliphatic rings. The second-order valence-corrected chi connectivity index (χ2v) is 9.14. The summed E-state index contributed by atoms with van der Waals surface area (Å²) in [6, 6.07) is 0. The van der Waals surface area contributed by atoms with Crippen molar-refractivity contribution >= 4 is 0 Å². The maximum absolute atomic E-state index is 9.96. The lowest BCUT2D eigenvalue weighted by molar-refractivity contribution is -0.0813. The van der Waals surface area contributed by atoms with E-state index in [1.54, 1.807) is 0 Å². The Morgan fingerprint density at radius 2 is 1.32 bits per heavy atom. The fraction of sp³-hybridized carbons (Fsp3) is 0.923. The Hall–Kier alpha value is -0.460. The zero-order valence-electron chi connectivity index (χ0n) is 20.1. The summed E-state index contributed by atoms with van der Waals surface area (Å²) in [6.45, 7) is 3.09. The Labute approximate surface area is 191 Å². The smallest absolute Gasteiger partial charge is 0.114 e. The van der Waals surface area contributed by atoms with Crippen LogP contribution in [0.1, 0.15) is 110 Å². The maximum Gasteiger partial charge on any atom is 0.114 e. The number of hydrogen-bond donors (Lipinski definition) is 3. The average Bonchev–Trinajstić information content (AvgIpc) is 3.10. The molecule has 0 saturated carbocycles. The number of rotatable bonds is 21. The van der Waals surface area contributed by atoms with Crippen molar-refractivity contribution < 1.29 is 24.8 Å². The van der Waals surface area contributed by atoms with Crippen LogP contribution in [0.15, 0.2) is 12.2 Å². The van der Waals surface area contributed by atoms with Gasteiger partial charge in [0, 0.05) is 6.61 Å². The van der Waals surface area contributed by atoms with Gasteiger partial charge in [0.15, 0.2) is 0 Å². The van der Waals surface area contributed by atoms with Crippen molar-refractivity contribution in [1.29, 1.82) is 0 Å². The van der Waals surface area contributed by atoms with Crippen molar-refractivity contribution in [3.05, 3.63) is 12.2 Å². The minimum Gasteiger partial charge on any atom is -0.388 e. The largest absolute Gasteiger partial charge is 0.388 e. The van der Waals surface area contributed by atoms with Crippen molar-refractivity contribution in [2.45, 2.75) is 134 Å². The zero-order valence-corrected chi connectivity index (χ0v) is 20.1. The van der Waals surface area contributed by atoms with Crippen LogP contribution in [0.4, 0.5) is 0 Å². The summed E-state index contributed by atoms with van der Waals surface area (Å²) in [5.41, 5.74) is 0. The molecule has 0 amide bonds. The van der Waals surface area contributed by atoms with Gasteiger partial charge in [-0.1, -0.05) is 89.7 Å². The molecule has 184 valence electrons. The second kappa shape index (κ2) is 20.2. The Kier molecular flexibility index (Phi) is 18.6. The van der Waals surface area contributed by atoms with Crippen LogP contribution in [-0.4, -0.2) is 59.6 Å². The first-order valence-electron chi connectivity index (χ1n) is 13.0. The first-order chi connectivity index (χ1) is 15.2. The molecule has 0 unspecified atom stereocenters. The van der Waals surface area contributed by atoms with E-state index in [4.69, 9.17) is 9.47 Å². The number of hydrogen-bond acceptors (Lipinski definition) is 5. The number of aliphatic hydroxyl groups is 3. The van der Waals surface area contributed by atoms with Gasteiger partial charge in [-0.15, -0.1) is 0 Å². The Balaban J connectivity index is 1.76. The molecular formula is C26H50O5. The molecule has 0 aliphatic carbocycles. The molecule has 31 heavy (non-hydrogen) atoms. The highest BCUT2D eigenvalue weighted by Crippen LogP contribution is 2.18. The fourth-order valence-corrected chi connectivity index (χ4v) is 4.07. The van der Waals surface area contributed by atoms with Crippen LogP contribution < -0.4 is 0 Å². The molecule has 1 aliphatic heterocycles. The van der Waals surface area contributed by atoms with Crippen LogP contribution in [0.25, 0.3) is 0 Å². The lowest BCUT2D eigenvalue weighted by Crippen LogP contribution is -2.40. The summed E-state index contributed by atoms with van der Waals surface area (Å²) in [6.07, 6.45) is 22.0. The zero-order chi connectivity index (χ0) is 22.6. The van der Waals surface area contributed by atoms with Gasteiger partial charge in [0.05, 0.1) is 13.2 Å². The summed E-state index contributed by atoms with van der Waals surface area (Å²) in [4.78, 5) is 0. The topological polar surface area (TPSA) is 79.2 Å². The van der Waals surface area contributed by atoms with Crippen LogP contribution in [0.2, 0.25) is 0 Å². The Morgan fingerprint density at radius 3 is 1.84 bits per heavy atom. The van der Waals surface area contributed by atoms with Gasteiger partial charge in [-0.3, -0.25) is 0 Å². The van der Waals surface area contributed by atoms with E-state index in [-0.39, 0.29) is 13.2 Å². The highest BCUT2D eigenvalue weighted by molar-refractivity contribution is 4.87. The monoisotopic (exact) mass is 442 g/mol. The quantitative estimate of drug-likeness (QED) is 0.166. The van der Waals surface area contributed by atoms with Crippen molar-refractivity contribution in [3.8, 4) is 0 Å². The van der Waals surface area contributed by atoms with Crippen LogP contribution in [0, 0.1) is 0 Å². The molecule has 1 heterocycles. The van der Waals surface area contributed by atoms with E-state index in [2.05, 4.69) is 19.1 Å². The third kappa shape index (κ3) is 15.1. The van der Waals surface area contributed by atoms with Crippen molar-refractivity contribution in [2.24, 2.45) is 0 Å². The fourth-order valence-electron chi connectivity index (χ4n) is 4.07. The SMILES string of the molecule is CCCCCCCCCC/C=C/CCCCCCCCOC[C@@H](O)[C@@H]1OC[C@H](O)[C@@H]1O. The van der Waals surface area contributed by atoms with E-state index in [1.807, 2.05) is 0 Å². The average molecular weight is 443 g/mol. The summed E-state index contributed by atoms with van der Waals surface area (Å²) < 4.78 is 10.7. The first-order valence-corrected chi connectivity index (χ1v) is 13.0. The van der Waals surface area contributed by atoms with E-state index in [0.29, 0.717) is 6.61 Å². The van der Waals surface area contributed by atoms with Gasteiger partial charge in [-0.2, -0.15) is 0 Å². The molecule has 1 rings (SSSR count). The molecule has 0 radical (unpaired) electrons. The van der Waals surface area contributed by atoms with Crippen molar-refractivity contribution in [3.63, 3.8) is 0 Å². The van der Waals surface area contributed by atoms with Gasteiger partial charge in [0.1, 0.15) is 24.4 Å². The summed E-state index contributed by atoms with van der Waals surface area (Å²) >= 11 is 0. The molecule has 3 N–H and O–H groups in total. The van der Waals surface area contributed by atoms with Gasteiger partial charge in [0.25, 0.3) is 0 Å². The van der Waals surface area contributed by atoms with E-state index in [1.165, 1.54) is 89.9 Å². The minimum absolute atomic E-state index is 0.0674. The van der Waals surface area contributed by atoms with Gasteiger partial charge < -0.3 is 24.8 Å². The molecule has 5 nitrogen and oxygen atoms in total. The molecule has 0 bridgehead atoms. The number of allylic oxidation sites excluding steroid dienone is 2. The number of ether oxygens (including phenoxy) is 2. The van der Waals surface area contributed by atoms with E-state index < -0.39 is 24.4 Å². The maximum atomic E-state index is 9.96. The van der Waals surface area contributed by atoms with Gasteiger partial charge >= 0.3 is 0 Å².